The van der Waals surface area contributed by atoms with Crippen LogP contribution in [0.4, 0.5) is 0 Å². The number of rotatable bonds is 2. The smallest absolute Gasteiger partial charge is 0.343 e. The lowest BCUT2D eigenvalue weighted by molar-refractivity contribution is -0.130. The summed E-state index contributed by atoms with van der Waals surface area (Å²) in [7, 11) is 0. The van der Waals surface area contributed by atoms with Crippen LogP contribution in [-0.4, -0.2) is 11.1 Å². The van der Waals surface area contributed by atoms with Crippen LogP contribution in [0.3, 0.4) is 0 Å². The number of benzene rings is 2. The molecule has 3 heteroatoms. The molecule has 20 heavy (non-hydrogen) atoms. The second-order valence-electron chi connectivity index (χ2n) is 4.46. The summed E-state index contributed by atoms with van der Waals surface area (Å²) in [5.41, 5.74) is 2.20. The van der Waals surface area contributed by atoms with E-state index < -0.39 is 0 Å². The Morgan fingerprint density at radius 3 is 2.35 bits per heavy atom. The number of phenols is 1. The zero-order chi connectivity index (χ0) is 13.9. The summed E-state index contributed by atoms with van der Waals surface area (Å²) in [6.07, 6.45) is 3.46. The highest BCUT2D eigenvalue weighted by molar-refractivity contribution is 6.05. The lowest BCUT2D eigenvalue weighted by Gasteiger charge is -2.00. The summed E-state index contributed by atoms with van der Waals surface area (Å²) in [5, 5.41) is 9.24. The molecule has 1 aliphatic heterocycles. The summed E-state index contributed by atoms with van der Waals surface area (Å²) in [5.74, 6) is 0.388. The molecule has 0 saturated carbocycles. The van der Waals surface area contributed by atoms with Crippen molar-refractivity contribution >= 4 is 17.8 Å². The molecule has 0 aromatic heterocycles. The summed E-state index contributed by atoms with van der Waals surface area (Å²) >= 11 is 0. The van der Waals surface area contributed by atoms with Gasteiger partial charge >= 0.3 is 5.97 Å². The molecular weight excluding hydrogens is 252 g/mol. The van der Waals surface area contributed by atoms with Crippen molar-refractivity contribution in [2.75, 3.05) is 0 Å². The summed E-state index contributed by atoms with van der Waals surface area (Å²) in [6.45, 7) is 0. The number of ether oxygens (including phenoxy) is 1. The largest absolute Gasteiger partial charge is 0.508 e. The highest BCUT2D eigenvalue weighted by Crippen LogP contribution is 2.27. The van der Waals surface area contributed by atoms with Crippen molar-refractivity contribution in [2.24, 2.45) is 0 Å². The molecule has 0 bridgehead atoms. The predicted molar refractivity (Wildman–Crippen MR) is 76.6 cm³/mol. The first-order valence-corrected chi connectivity index (χ1v) is 6.22. The number of esters is 1. The number of phenolic OH excluding ortho intramolecular Hbond substituents is 1. The van der Waals surface area contributed by atoms with E-state index in [0.717, 1.165) is 11.1 Å². The van der Waals surface area contributed by atoms with Crippen LogP contribution in [0.1, 0.15) is 11.1 Å². The van der Waals surface area contributed by atoms with E-state index in [-0.39, 0.29) is 11.7 Å². The third-order valence-electron chi connectivity index (χ3n) is 3.00. The summed E-state index contributed by atoms with van der Waals surface area (Å²) < 4.78 is 5.26. The Morgan fingerprint density at radius 1 is 0.950 bits per heavy atom. The Morgan fingerprint density at radius 2 is 1.65 bits per heavy atom. The van der Waals surface area contributed by atoms with E-state index in [1.165, 1.54) is 0 Å². The van der Waals surface area contributed by atoms with Gasteiger partial charge in [0.05, 0.1) is 5.57 Å². The van der Waals surface area contributed by atoms with Crippen molar-refractivity contribution in [1.29, 1.82) is 0 Å². The van der Waals surface area contributed by atoms with Gasteiger partial charge < -0.3 is 9.84 Å². The number of carbonyl (C=O) groups excluding carboxylic acids is 1. The second kappa shape index (κ2) is 5.05. The van der Waals surface area contributed by atoms with Gasteiger partial charge in [-0.3, -0.25) is 0 Å². The normalized spacial score (nSPS) is 16.1. The minimum absolute atomic E-state index is 0.196. The first-order chi connectivity index (χ1) is 9.72. The molecule has 1 heterocycles. The van der Waals surface area contributed by atoms with Crippen LogP contribution in [0, 0.1) is 0 Å². The van der Waals surface area contributed by atoms with Crippen LogP contribution in [0.5, 0.6) is 5.75 Å². The van der Waals surface area contributed by atoms with Gasteiger partial charge in [0.2, 0.25) is 0 Å². The molecule has 0 spiro atoms. The maximum Gasteiger partial charge on any atom is 0.343 e. The molecule has 0 aliphatic carbocycles. The predicted octanol–water partition coefficient (Wildman–Crippen LogP) is 3.37. The third kappa shape index (κ3) is 2.47. The van der Waals surface area contributed by atoms with E-state index in [0.29, 0.717) is 11.3 Å². The number of hydrogen-bond donors (Lipinski definition) is 1. The van der Waals surface area contributed by atoms with Crippen molar-refractivity contribution in [3.63, 3.8) is 0 Å². The van der Waals surface area contributed by atoms with E-state index in [4.69, 9.17) is 4.74 Å². The molecule has 2 aromatic rings. The van der Waals surface area contributed by atoms with Gasteiger partial charge in [-0.1, -0.05) is 42.5 Å². The maximum atomic E-state index is 11.8. The van der Waals surface area contributed by atoms with Crippen molar-refractivity contribution in [3.05, 3.63) is 77.4 Å². The Hall–Kier alpha value is -2.81. The first kappa shape index (κ1) is 12.2. The summed E-state index contributed by atoms with van der Waals surface area (Å²) in [6, 6.07) is 16.1. The Kier molecular flexibility index (Phi) is 3.09. The highest BCUT2D eigenvalue weighted by atomic mass is 16.5. The second-order valence-corrected chi connectivity index (χ2v) is 4.46. The number of cyclic esters (lactones) is 1. The van der Waals surface area contributed by atoms with Crippen molar-refractivity contribution in [2.45, 2.75) is 0 Å². The fourth-order valence-corrected chi connectivity index (χ4v) is 1.98. The van der Waals surface area contributed by atoms with Crippen LogP contribution >= 0.6 is 0 Å². The molecule has 3 rings (SSSR count). The molecule has 2 aromatic carbocycles. The molecule has 0 unspecified atom stereocenters. The molecule has 0 amide bonds. The van der Waals surface area contributed by atoms with E-state index in [1.54, 1.807) is 36.4 Å². The van der Waals surface area contributed by atoms with Gasteiger partial charge in [0.25, 0.3) is 0 Å². The lowest BCUT2D eigenvalue weighted by Crippen LogP contribution is -1.96. The fraction of sp³-hybridized carbons (Fsp3) is 0. The van der Waals surface area contributed by atoms with E-state index in [9.17, 15) is 9.90 Å². The monoisotopic (exact) mass is 264 g/mol. The van der Waals surface area contributed by atoms with E-state index in [1.807, 2.05) is 30.3 Å². The number of hydrogen-bond acceptors (Lipinski definition) is 3. The zero-order valence-electron chi connectivity index (χ0n) is 10.6. The Balaban J connectivity index is 1.92. The van der Waals surface area contributed by atoms with Gasteiger partial charge in [-0.25, -0.2) is 4.79 Å². The number of carbonyl (C=O) groups is 1. The molecule has 0 radical (unpaired) electrons. The summed E-state index contributed by atoms with van der Waals surface area (Å²) in [4.78, 5) is 11.8. The highest BCUT2D eigenvalue weighted by Gasteiger charge is 2.21. The van der Waals surface area contributed by atoms with Crippen LogP contribution in [0.25, 0.3) is 11.8 Å². The SMILES string of the molecule is O=C1OC(c2ccccc2)=C/C1=C\c1ccc(O)cc1. The maximum absolute atomic E-state index is 11.8. The quantitative estimate of drug-likeness (QED) is 0.668. The van der Waals surface area contributed by atoms with Crippen LogP contribution < -0.4 is 0 Å². The van der Waals surface area contributed by atoms with Crippen LogP contribution in [-0.2, 0) is 9.53 Å². The van der Waals surface area contributed by atoms with Crippen molar-refractivity contribution < 1.29 is 14.6 Å². The van der Waals surface area contributed by atoms with Crippen molar-refractivity contribution in [3.8, 4) is 5.75 Å². The van der Waals surface area contributed by atoms with Gasteiger partial charge in [0.1, 0.15) is 11.5 Å². The first-order valence-electron chi connectivity index (χ1n) is 6.22. The van der Waals surface area contributed by atoms with Crippen LogP contribution in [0.15, 0.2) is 66.2 Å². The fourth-order valence-electron chi connectivity index (χ4n) is 1.98. The Labute approximate surface area is 116 Å². The average molecular weight is 264 g/mol. The molecule has 0 saturated heterocycles. The van der Waals surface area contributed by atoms with Gasteiger partial charge in [-0.2, -0.15) is 0 Å². The van der Waals surface area contributed by atoms with Gasteiger partial charge in [-0.05, 0) is 29.8 Å². The van der Waals surface area contributed by atoms with Crippen molar-refractivity contribution in [1.82, 2.24) is 0 Å². The van der Waals surface area contributed by atoms with Gasteiger partial charge in [0.15, 0.2) is 0 Å². The topological polar surface area (TPSA) is 46.5 Å². The molecule has 1 aliphatic rings. The van der Waals surface area contributed by atoms with E-state index in [2.05, 4.69) is 0 Å². The molecular formula is C17H12O3. The molecule has 3 nitrogen and oxygen atoms in total. The minimum Gasteiger partial charge on any atom is -0.508 e. The molecule has 0 atom stereocenters. The number of aromatic hydroxyl groups is 1. The Bertz CT molecular complexity index is 695. The van der Waals surface area contributed by atoms with E-state index >= 15 is 0 Å². The zero-order valence-corrected chi connectivity index (χ0v) is 10.6. The lowest BCUT2D eigenvalue weighted by atomic mass is 10.1. The molecule has 0 fully saturated rings. The average Bonchev–Trinajstić information content (AvgIpc) is 2.84. The van der Waals surface area contributed by atoms with Gasteiger partial charge in [-0.15, -0.1) is 0 Å². The molecule has 98 valence electrons. The van der Waals surface area contributed by atoms with Crippen LogP contribution in [0.2, 0.25) is 0 Å². The standard InChI is InChI=1S/C17H12O3/c18-15-8-6-12(7-9-15)10-14-11-16(20-17(14)19)13-4-2-1-3-5-13/h1-11,18H/b14-10+. The third-order valence-corrected chi connectivity index (χ3v) is 3.00. The molecule has 1 N–H and O–H groups in total. The minimum atomic E-state index is -0.364. The van der Waals surface area contributed by atoms with Gasteiger partial charge in [0, 0.05) is 5.56 Å².